The predicted octanol–water partition coefficient (Wildman–Crippen LogP) is 1.70. The molecule has 0 bridgehead atoms. The molecular formula is C19H18ClFN4O5. The van der Waals surface area contributed by atoms with Gasteiger partial charge in [0.15, 0.2) is 18.1 Å². The van der Waals surface area contributed by atoms with Crippen LogP contribution in [0.4, 0.5) is 10.1 Å². The molecule has 0 heterocycles. The van der Waals surface area contributed by atoms with Crippen molar-refractivity contribution in [2.24, 2.45) is 5.10 Å². The number of hydrogen-bond donors (Lipinski definition) is 3. The van der Waals surface area contributed by atoms with Crippen LogP contribution in [0.25, 0.3) is 0 Å². The van der Waals surface area contributed by atoms with E-state index >= 15 is 0 Å². The van der Waals surface area contributed by atoms with Gasteiger partial charge in [-0.3, -0.25) is 14.4 Å². The average Bonchev–Trinajstić information content (AvgIpc) is 2.74. The number of anilines is 1. The molecule has 2 rings (SSSR count). The maximum atomic E-state index is 13.2. The van der Waals surface area contributed by atoms with Crippen molar-refractivity contribution in [2.75, 3.05) is 26.1 Å². The molecule has 0 spiro atoms. The van der Waals surface area contributed by atoms with E-state index < -0.39 is 23.5 Å². The summed E-state index contributed by atoms with van der Waals surface area (Å²) >= 11 is 5.67. The summed E-state index contributed by atoms with van der Waals surface area (Å²) in [4.78, 5) is 34.4. The lowest BCUT2D eigenvalue weighted by Crippen LogP contribution is -2.35. The number of rotatable bonds is 7. The summed E-state index contributed by atoms with van der Waals surface area (Å²) in [7, 11) is 2.74. The SMILES string of the molecule is CNC(=O)C(=O)N/N=C\c1ccc(OCC(=O)Nc2ccc(F)c(Cl)c2)c(OC)c1. The Balaban J connectivity index is 1.95. The number of carbonyl (C=O) groups is 3. The summed E-state index contributed by atoms with van der Waals surface area (Å²) in [5, 5.41) is 8.25. The first kappa shape index (κ1) is 22.6. The van der Waals surface area contributed by atoms with Gasteiger partial charge in [-0.15, -0.1) is 0 Å². The van der Waals surface area contributed by atoms with Gasteiger partial charge in [0.25, 0.3) is 5.91 Å². The number of ether oxygens (including phenoxy) is 2. The highest BCUT2D eigenvalue weighted by molar-refractivity contribution is 6.35. The number of hydrazone groups is 1. The van der Waals surface area contributed by atoms with Crippen LogP contribution in [-0.4, -0.2) is 44.7 Å². The molecule has 2 aromatic rings. The number of halogens is 2. The molecule has 9 nitrogen and oxygen atoms in total. The zero-order chi connectivity index (χ0) is 22.1. The molecule has 0 aliphatic carbocycles. The molecule has 11 heteroatoms. The molecule has 0 unspecified atom stereocenters. The Labute approximate surface area is 176 Å². The predicted molar refractivity (Wildman–Crippen MR) is 108 cm³/mol. The van der Waals surface area contributed by atoms with E-state index in [0.717, 1.165) is 6.07 Å². The molecule has 0 aliphatic heterocycles. The Morgan fingerprint density at radius 3 is 2.57 bits per heavy atom. The van der Waals surface area contributed by atoms with E-state index in [0.29, 0.717) is 17.0 Å². The van der Waals surface area contributed by atoms with Crippen molar-refractivity contribution in [1.82, 2.24) is 10.7 Å². The van der Waals surface area contributed by atoms with Gasteiger partial charge in [0.1, 0.15) is 5.82 Å². The van der Waals surface area contributed by atoms with Gasteiger partial charge in [0.05, 0.1) is 18.3 Å². The van der Waals surface area contributed by atoms with E-state index in [-0.39, 0.29) is 17.4 Å². The number of methoxy groups -OCH3 is 1. The van der Waals surface area contributed by atoms with E-state index in [4.69, 9.17) is 21.1 Å². The highest BCUT2D eigenvalue weighted by Gasteiger charge is 2.11. The fourth-order valence-electron chi connectivity index (χ4n) is 2.13. The van der Waals surface area contributed by atoms with Crippen LogP contribution in [0.5, 0.6) is 11.5 Å². The van der Waals surface area contributed by atoms with Crippen LogP contribution in [-0.2, 0) is 14.4 Å². The summed E-state index contributed by atoms with van der Waals surface area (Å²) in [6.45, 7) is -0.332. The molecule has 3 amide bonds. The van der Waals surface area contributed by atoms with Crippen molar-refractivity contribution in [3.8, 4) is 11.5 Å². The summed E-state index contributed by atoms with van der Waals surface area (Å²) in [5.74, 6) is -2.20. The molecule has 0 aromatic heterocycles. The normalized spacial score (nSPS) is 10.4. The minimum absolute atomic E-state index is 0.112. The van der Waals surface area contributed by atoms with Crippen LogP contribution in [0.1, 0.15) is 5.56 Å². The Morgan fingerprint density at radius 2 is 1.90 bits per heavy atom. The lowest BCUT2D eigenvalue weighted by molar-refractivity contribution is -0.138. The van der Waals surface area contributed by atoms with Crippen LogP contribution >= 0.6 is 11.6 Å². The number of benzene rings is 2. The van der Waals surface area contributed by atoms with Gasteiger partial charge in [0.2, 0.25) is 0 Å². The monoisotopic (exact) mass is 436 g/mol. The Bertz CT molecular complexity index is 983. The van der Waals surface area contributed by atoms with Gasteiger partial charge in [-0.1, -0.05) is 11.6 Å². The molecule has 0 saturated heterocycles. The second kappa shape index (κ2) is 10.8. The van der Waals surface area contributed by atoms with Gasteiger partial charge in [0, 0.05) is 12.7 Å². The number of amides is 3. The molecule has 2 aromatic carbocycles. The maximum absolute atomic E-state index is 13.2. The van der Waals surface area contributed by atoms with Gasteiger partial charge >= 0.3 is 11.8 Å². The van der Waals surface area contributed by atoms with Gasteiger partial charge in [-0.2, -0.15) is 5.10 Å². The number of carbonyl (C=O) groups excluding carboxylic acids is 3. The molecule has 0 fully saturated rings. The van der Waals surface area contributed by atoms with Gasteiger partial charge in [-0.25, -0.2) is 9.82 Å². The van der Waals surface area contributed by atoms with E-state index in [1.807, 2.05) is 0 Å². The molecule has 0 atom stereocenters. The molecule has 0 saturated carbocycles. The summed E-state index contributed by atoms with van der Waals surface area (Å²) < 4.78 is 23.8. The molecule has 0 radical (unpaired) electrons. The van der Waals surface area contributed by atoms with Crippen molar-refractivity contribution in [2.45, 2.75) is 0 Å². The van der Waals surface area contributed by atoms with E-state index in [9.17, 15) is 18.8 Å². The Kier molecular flexibility index (Phi) is 8.12. The minimum Gasteiger partial charge on any atom is -0.493 e. The van der Waals surface area contributed by atoms with Crippen molar-refractivity contribution in [3.63, 3.8) is 0 Å². The maximum Gasteiger partial charge on any atom is 0.329 e. The first-order valence-electron chi connectivity index (χ1n) is 8.45. The largest absolute Gasteiger partial charge is 0.493 e. The molecular weight excluding hydrogens is 419 g/mol. The van der Waals surface area contributed by atoms with Crippen LogP contribution in [0.2, 0.25) is 5.02 Å². The second-order valence-electron chi connectivity index (χ2n) is 5.65. The molecule has 30 heavy (non-hydrogen) atoms. The lowest BCUT2D eigenvalue weighted by atomic mass is 10.2. The standard InChI is InChI=1S/C19H18ClFN4O5/c1-22-18(27)19(28)25-23-9-11-3-6-15(16(7-11)29-2)30-10-17(26)24-12-4-5-14(21)13(20)8-12/h3-9H,10H2,1-2H3,(H,22,27)(H,24,26)(H,25,28)/b23-9-. The van der Waals surface area contributed by atoms with Crippen LogP contribution in [0, 0.1) is 5.82 Å². The number of likely N-dealkylation sites (N-methyl/N-ethyl adjacent to an activating group) is 1. The van der Waals surface area contributed by atoms with Crippen molar-refractivity contribution in [1.29, 1.82) is 0 Å². The average molecular weight is 437 g/mol. The topological polar surface area (TPSA) is 118 Å². The lowest BCUT2D eigenvalue weighted by Gasteiger charge is -2.11. The van der Waals surface area contributed by atoms with Gasteiger partial charge in [-0.05, 0) is 42.0 Å². The molecule has 3 N–H and O–H groups in total. The fraction of sp³-hybridized carbons (Fsp3) is 0.158. The van der Waals surface area contributed by atoms with Crippen molar-refractivity contribution < 1.29 is 28.2 Å². The third kappa shape index (κ3) is 6.45. The van der Waals surface area contributed by atoms with Crippen LogP contribution in [0.15, 0.2) is 41.5 Å². The first-order chi connectivity index (χ1) is 14.3. The van der Waals surface area contributed by atoms with E-state index in [1.165, 1.54) is 32.5 Å². The van der Waals surface area contributed by atoms with Crippen LogP contribution in [0.3, 0.4) is 0 Å². The Morgan fingerprint density at radius 1 is 1.13 bits per heavy atom. The third-order valence-electron chi connectivity index (χ3n) is 3.56. The molecule has 0 aliphatic rings. The van der Waals surface area contributed by atoms with E-state index in [2.05, 4.69) is 21.2 Å². The number of hydrogen-bond acceptors (Lipinski definition) is 6. The van der Waals surface area contributed by atoms with E-state index in [1.54, 1.807) is 18.2 Å². The highest BCUT2D eigenvalue weighted by atomic mass is 35.5. The molecule has 158 valence electrons. The summed E-state index contributed by atoms with van der Waals surface area (Å²) in [5.41, 5.74) is 2.93. The zero-order valence-corrected chi connectivity index (χ0v) is 16.7. The van der Waals surface area contributed by atoms with Crippen molar-refractivity contribution in [3.05, 3.63) is 52.8 Å². The van der Waals surface area contributed by atoms with Gasteiger partial charge < -0.3 is 20.1 Å². The van der Waals surface area contributed by atoms with Crippen molar-refractivity contribution >= 4 is 41.2 Å². The number of nitrogens with one attached hydrogen (secondary N) is 3. The summed E-state index contributed by atoms with van der Waals surface area (Å²) in [6, 6.07) is 8.50. The quantitative estimate of drug-likeness (QED) is 0.347. The summed E-state index contributed by atoms with van der Waals surface area (Å²) in [6.07, 6.45) is 1.30. The highest BCUT2D eigenvalue weighted by Crippen LogP contribution is 2.27. The third-order valence-corrected chi connectivity index (χ3v) is 3.85. The fourth-order valence-corrected chi connectivity index (χ4v) is 2.31. The Hall–Kier alpha value is -3.66. The van der Waals surface area contributed by atoms with Crippen LogP contribution < -0.4 is 25.5 Å². The zero-order valence-electron chi connectivity index (χ0n) is 16.0. The number of nitrogens with zero attached hydrogens (tertiary/aromatic N) is 1. The first-order valence-corrected chi connectivity index (χ1v) is 8.82. The minimum atomic E-state index is -0.908. The smallest absolute Gasteiger partial charge is 0.329 e. The second-order valence-corrected chi connectivity index (χ2v) is 6.06.